The van der Waals surface area contributed by atoms with Crippen LogP contribution in [0.4, 0.5) is 26.3 Å². The SMILES string of the molecule is CCC(=O)CCC(C(=O)OC)(C(F)(F)F)C(F)(F)F. The van der Waals surface area contributed by atoms with E-state index in [2.05, 4.69) is 4.74 Å². The van der Waals surface area contributed by atoms with Crippen molar-refractivity contribution < 1.29 is 40.7 Å². The van der Waals surface area contributed by atoms with E-state index in [4.69, 9.17) is 0 Å². The van der Waals surface area contributed by atoms with Gasteiger partial charge in [-0.1, -0.05) is 6.92 Å². The van der Waals surface area contributed by atoms with Gasteiger partial charge in [-0.25, -0.2) is 0 Å². The normalized spacial score (nSPS) is 13.3. The zero-order valence-corrected chi connectivity index (χ0v) is 10.1. The third-order valence-corrected chi connectivity index (χ3v) is 2.67. The van der Waals surface area contributed by atoms with Crippen molar-refractivity contribution in [3.63, 3.8) is 0 Å². The minimum Gasteiger partial charge on any atom is -0.468 e. The van der Waals surface area contributed by atoms with Crippen LogP contribution in [0.15, 0.2) is 0 Å². The number of Topliss-reactive ketones (excluding diaryl/α,β-unsaturated/α-hetero) is 1. The van der Waals surface area contributed by atoms with Crippen LogP contribution in [-0.2, 0) is 14.3 Å². The Bertz CT molecular complexity index is 330. The van der Waals surface area contributed by atoms with Crippen LogP contribution in [-0.4, -0.2) is 31.2 Å². The molecule has 0 aromatic heterocycles. The highest BCUT2D eigenvalue weighted by Gasteiger charge is 2.75. The summed E-state index contributed by atoms with van der Waals surface area (Å²) < 4.78 is 80.0. The lowest BCUT2D eigenvalue weighted by Gasteiger charge is -2.34. The highest BCUT2D eigenvalue weighted by Crippen LogP contribution is 2.54. The fourth-order valence-electron chi connectivity index (χ4n) is 1.46. The van der Waals surface area contributed by atoms with Gasteiger partial charge in [0.15, 0.2) is 0 Å². The van der Waals surface area contributed by atoms with Crippen LogP contribution >= 0.6 is 0 Å². The third-order valence-electron chi connectivity index (χ3n) is 2.67. The lowest BCUT2D eigenvalue weighted by molar-refractivity contribution is -0.333. The molecule has 0 bridgehead atoms. The summed E-state index contributed by atoms with van der Waals surface area (Å²) in [6, 6.07) is 0. The molecule has 0 aromatic rings. The molecule has 0 heterocycles. The Balaban J connectivity index is 5.67. The number of hydrogen-bond donors (Lipinski definition) is 0. The van der Waals surface area contributed by atoms with Gasteiger partial charge in [0.1, 0.15) is 5.78 Å². The van der Waals surface area contributed by atoms with Crippen LogP contribution in [0.3, 0.4) is 0 Å². The molecule has 0 atom stereocenters. The number of ketones is 1. The molecule has 0 saturated carbocycles. The number of ether oxygens (including phenoxy) is 1. The summed E-state index contributed by atoms with van der Waals surface area (Å²) in [6.45, 7) is 1.29. The molecule has 0 spiro atoms. The van der Waals surface area contributed by atoms with Crippen LogP contribution in [0.2, 0.25) is 0 Å². The number of methoxy groups -OCH3 is 1. The summed E-state index contributed by atoms with van der Waals surface area (Å²) in [5.41, 5.74) is -4.67. The molecule has 3 nitrogen and oxygen atoms in total. The van der Waals surface area contributed by atoms with E-state index in [1.54, 1.807) is 0 Å². The molecule has 0 saturated heterocycles. The van der Waals surface area contributed by atoms with E-state index in [-0.39, 0.29) is 6.42 Å². The average molecular weight is 294 g/mol. The fourth-order valence-corrected chi connectivity index (χ4v) is 1.46. The van der Waals surface area contributed by atoms with E-state index in [1.807, 2.05) is 0 Å². The van der Waals surface area contributed by atoms with Crippen molar-refractivity contribution in [3.05, 3.63) is 0 Å². The van der Waals surface area contributed by atoms with Gasteiger partial charge in [-0.3, -0.25) is 9.59 Å². The first kappa shape index (κ1) is 17.7. The summed E-state index contributed by atoms with van der Waals surface area (Å²) in [4.78, 5) is 22.0. The molecular weight excluding hydrogens is 282 g/mol. The minimum atomic E-state index is -5.90. The van der Waals surface area contributed by atoms with Gasteiger partial charge < -0.3 is 4.74 Å². The summed E-state index contributed by atoms with van der Waals surface area (Å²) in [6.07, 6.45) is -14.7. The van der Waals surface area contributed by atoms with E-state index >= 15 is 0 Å². The number of hydrogen-bond acceptors (Lipinski definition) is 3. The summed E-state index contributed by atoms with van der Waals surface area (Å²) in [7, 11) is 0.427. The predicted octanol–water partition coefficient (Wildman–Crippen LogP) is 3.03. The Morgan fingerprint density at radius 3 is 1.68 bits per heavy atom. The molecule has 112 valence electrons. The molecule has 0 radical (unpaired) electrons. The van der Waals surface area contributed by atoms with Crippen molar-refractivity contribution >= 4 is 11.8 Å². The Kier molecular flexibility index (Phi) is 5.40. The monoisotopic (exact) mass is 294 g/mol. The first-order chi connectivity index (χ1) is 8.44. The van der Waals surface area contributed by atoms with Crippen LogP contribution in [0.5, 0.6) is 0 Å². The zero-order chi connectivity index (χ0) is 15.5. The number of halogens is 6. The Morgan fingerprint density at radius 2 is 1.42 bits per heavy atom. The molecule has 0 N–H and O–H groups in total. The second-order valence-electron chi connectivity index (χ2n) is 3.78. The second kappa shape index (κ2) is 5.79. The van der Waals surface area contributed by atoms with Gasteiger partial charge in [-0.15, -0.1) is 0 Å². The molecular formula is C10H12F6O3. The molecule has 0 aliphatic heterocycles. The number of alkyl halides is 6. The lowest BCUT2D eigenvalue weighted by atomic mass is 9.80. The summed E-state index contributed by atoms with van der Waals surface area (Å²) in [5, 5.41) is 0. The number of esters is 1. The van der Waals surface area contributed by atoms with E-state index in [0.29, 0.717) is 7.11 Å². The van der Waals surface area contributed by atoms with Crippen molar-refractivity contribution in [1.29, 1.82) is 0 Å². The van der Waals surface area contributed by atoms with Gasteiger partial charge in [0.2, 0.25) is 0 Å². The maximum atomic E-state index is 12.7. The second-order valence-corrected chi connectivity index (χ2v) is 3.78. The van der Waals surface area contributed by atoms with Gasteiger partial charge in [0, 0.05) is 12.8 Å². The van der Waals surface area contributed by atoms with Crippen molar-refractivity contribution in [2.45, 2.75) is 38.5 Å². The molecule has 0 amide bonds. The van der Waals surface area contributed by atoms with Crippen molar-refractivity contribution in [2.75, 3.05) is 7.11 Å². The summed E-state index contributed by atoms with van der Waals surface area (Å²) in [5.74, 6) is -3.27. The van der Waals surface area contributed by atoms with Crippen LogP contribution in [0.1, 0.15) is 26.2 Å². The molecule has 0 fully saturated rings. The average Bonchev–Trinajstić information content (AvgIpc) is 2.25. The molecule has 0 unspecified atom stereocenters. The lowest BCUT2D eigenvalue weighted by Crippen LogP contribution is -2.56. The minimum absolute atomic E-state index is 0.215. The van der Waals surface area contributed by atoms with E-state index in [1.165, 1.54) is 6.92 Å². The summed E-state index contributed by atoms with van der Waals surface area (Å²) >= 11 is 0. The molecule has 0 aliphatic rings. The number of carbonyl (C=O) groups excluding carboxylic acids is 2. The standard InChI is InChI=1S/C10H12F6O3/c1-3-6(17)4-5-8(7(18)19-2,9(11,12)13)10(14,15)16/h3-5H2,1-2H3. The highest BCUT2D eigenvalue weighted by molar-refractivity contribution is 5.82. The smallest absolute Gasteiger partial charge is 0.413 e. The topological polar surface area (TPSA) is 43.4 Å². The maximum absolute atomic E-state index is 12.7. The Morgan fingerprint density at radius 1 is 1.00 bits per heavy atom. The maximum Gasteiger partial charge on any atom is 0.413 e. The van der Waals surface area contributed by atoms with Crippen molar-refractivity contribution in [3.8, 4) is 0 Å². The van der Waals surface area contributed by atoms with Gasteiger partial charge in [0.25, 0.3) is 5.41 Å². The van der Waals surface area contributed by atoms with E-state index < -0.39 is 42.4 Å². The van der Waals surface area contributed by atoms with Crippen LogP contribution in [0, 0.1) is 5.41 Å². The zero-order valence-electron chi connectivity index (χ0n) is 10.1. The molecule has 19 heavy (non-hydrogen) atoms. The van der Waals surface area contributed by atoms with Gasteiger partial charge in [-0.05, 0) is 6.42 Å². The van der Waals surface area contributed by atoms with E-state index in [9.17, 15) is 35.9 Å². The Hall–Kier alpha value is -1.28. The third kappa shape index (κ3) is 3.38. The van der Waals surface area contributed by atoms with Crippen molar-refractivity contribution in [1.82, 2.24) is 0 Å². The highest BCUT2D eigenvalue weighted by atomic mass is 19.4. The first-order valence-corrected chi connectivity index (χ1v) is 5.17. The quantitative estimate of drug-likeness (QED) is 0.578. The van der Waals surface area contributed by atoms with Crippen molar-refractivity contribution in [2.24, 2.45) is 5.41 Å². The molecule has 0 aromatic carbocycles. The number of rotatable bonds is 5. The van der Waals surface area contributed by atoms with Gasteiger partial charge in [-0.2, -0.15) is 26.3 Å². The van der Waals surface area contributed by atoms with Crippen LogP contribution in [0.25, 0.3) is 0 Å². The first-order valence-electron chi connectivity index (χ1n) is 5.17. The molecule has 9 heteroatoms. The van der Waals surface area contributed by atoms with Crippen LogP contribution < -0.4 is 0 Å². The van der Waals surface area contributed by atoms with Gasteiger partial charge in [0.05, 0.1) is 7.11 Å². The fraction of sp³-hybridized carbons (Fsp3) is 0.800. The molecule has 0 aliphatic carbocycles. The predicted molar refractivity (Wildman–Crippen MR) is 51.1 cm³/mol. The van der Waals surface area contributed by atoms with Gasteiger partial charge >= 0.3 is 18.3 Å². The molecule has 0 rings (SSSR count). The Labute approximate surface area is 104 Å². The van der Waals surface area contributed by atoms with E-state index in [0.717, 1.165) is 0 Å². The largest absolute Gasteiger partial charge is 0.468 e. The number of carbonyl (C=O) groups is 2.